The SMILES string of the molecule is Cl.Cl.N[14CH2][14CH2]N. The van der Waals surface area contributed by atoms with Crippen molar-refractivity contribution in [2.24, 2.45) is 11.5 Å². The van der Waals surface area contributed by atoms with Gasteiger partial charge in [-0.25, -0.2) is 0 Å². The van der Waals surface area contributed by atoms with E-state index in [4.69, 9.17) is 11.5 Å². The molecule has 0 amide bonds. The molecule has 0 aliphatic carbocycles. The zero-order chi connectivity index (χ0) is 3.41. The third-order valence-corrected chi connectivity index (χ3v) is 0.167. The highest BCUT2D eigenvalue weighted by Crippen LogP contribution is 1.24. The summed E-state index contributed by atoms with van der Waals surface area (Å²) >= 11 is 0. The van der Waals surface area contributed by atoms with Crippen LogP contribution in [-0.2, 0) is 0 Å². The normalized spacial score (nSPS) is 5.00. The van der Waals surface area contributed by atoms with Gasteiger partial charge in [0, 0.05) is 13.1 Å². The number of nitrogens with two attached hydrogens (primary N) is 2. The molecule has 0 bridgehead atoms. The van der Waals surface area contributed by atoms with E-state index in [1.807, 2.05) is 0 Å². The summed E-state index contributed by atoms with van der Waals surface area (Å²) in [4.78, 5) is 0. The Morgan fingerprint density at radius 3 is 1.00 bits per heavy atom. The van der Waals surface area contributed by atoms with Crippen molar-refractivity contribution >= 4 is 24.8 Å². The van der Waals surface area contributed by atoms with Crippen LogP contribution in [0.15, 0.2) is 0 Å². The molecule has 4 N–H and O–H groups in total. The fraction of sp³-hybridized carbons (Fsp3) is 1.00. The minimum Gasteiger partial charge on any atom is -0.329 e. The van der Waals surface area contributed by atoms with Gasteiger partial charge in [0.15, 0.2) is 0 Å². The second-order valence-corrected chi connectivity index (χ2v) is 0.577. The molecule has 0 rings (SSSR count). The van der Waals surface area contributed by atoms with Crippen molar-refractivity contribution in [2.45, 2.75) is 0 Å². The average Bonchev–Trinajstić information content (AvgIpc) is 1.37. The second kappa shape index (κ2) is 17.8. The van der Waals surface area contributed by atoms with E-state index in [1.54, 1.807) is 0 Å². The molecule has 0 fully saturated rings. The van der Waals surface area contributed by atoms with Gasteiger partial charge in [0.1, 0.15) is 0 Å². The van der Waals surface area contributed by atoms with Crippen LogP contribution >= 0.6 is 24.8 Å². The molecule has 0 heterocycles. The molecule has 42 valence electrons. The van der Waals surface area contributed by atoms with E-state index in [0.717, 1.165) is 0 Å². The highest BCUT2D eigenvalue weighted by atomic mass is 35.5. The van der Waals surface area contributed by atoms with E-state index < -0.39 is 0 Å². The molecule has 0 radical (unpaired) electrons. The third kappa shape index (κ3) is 24.5. The molecule has 0 saturated heterocycles. The first-order chi connectivity index (χ1) is 1.91. The van der Waals surface area contributed by atoms with Gasteiger partial charge in [-0.3, -0.25) is 0 Å². The van der Waals surface area contributed by atoms with Crippen LogP contribution in [0, 0.1) is 0 Å². The summed E-state index contributed by atoms with van der Waals surface area (Å²) in [6.07, 6.45) is 0. The van der Waals surface area contributed by atoms with Crippen LogP contribution < -0.4 is 11.5 Å². The maximum absolute atomic E-state index is 4.90. The molecule has 0 aliphatic heterocycles. The Labute approximate surface area is 50.1 Å². The van der Waals surface area contributed by atoms with Crippen LogP contribution in [0.25, 0.3) is 0 Å². The molecule has 0 saturated carbocycles. The Kier molecular flexibility index (Phi) is 47.7. The fourth-order valence-corrected chi connectivity index (χ4v) is 0. The monoisotopic (exact) mass is 136 g/mol. The van der Waals surface area contributed by atoms with Crippen LogP contribution in [0.4, 0.5) is 0 Å². The first-order valence-corrected chi connectivity index (χ1v) is 1.32. The van der Waals surface area contributed by atoms with E-state index in [9.17, 15) is 0 Å². The average molecular weight is 137 g/mol. The Morgan fingerprint density at radius 2 is 1.00 bits per heavy atom. The molecular formula is C2H10Cl2N2. The number of halogens is 2. The number of hydrogen-bond acceptors (Lipinski definition) is 2. The van der Waals surface area contributed by atoms with Gasteiger partial charge in [-0.2, -0.15) is 0 Å². The summed E-state index contributed by atoms with van der Waals surface area (Å²) in [5, 5.41) is 0. The van der Waals surface area contributed by atoms with E-state index in [-0.39, 0.29) is 24.8 Å². The molecule has 0 unspecified atom stereocenters. The van der Waals surface area contributed by atoms with Crippen molar-refractivity contribution in [3.8, 4) is 0 Å². The lowest BCUT2D eigenvalue weighted by Gasteiger charge is -1.72. The van der Waals surface area contributed by atoms with Gasteiger partial charge >= 0.3 is 0 Å². The van der Waals surface area contributed by atoms with Gasteiger partial charge in [-0.1, -0.05) is 0 Å². The van der Waals surface area contributed by atoms with Crippen LogP contribution in [0.3, 0.4) is 0 Å². The molecule has 0 aliphatic rings. The van der Waals surface area contributed by atoms with E-state index in [0.29, 0.717) is 13.1 Å². The summed E-state index contributed by atoms with van der Waals surface area (Å²) < 4.78 is 0. The maximum atomic E-state index is 4.90. The van der Waals surface area contributed by atoms with E-state index in [2.05, 4.69) is 0 Å². The summed E-state index contributed by atoms with van der Waals surface area (Å²) in [5.41, 5.74) is 9.81. The third-order valence-electron chi connectivity index (χ3n) is 0.167. The van der Waals surface area contributed by atoms with Crippen molar-refractivity contribution in [3.63, 3.8) is 0 Å². The number of rotatable bonds is 1. The molecule has 0 aromatic heterocycles. The van der Waals surface area contributed by atoms with Crippen molar-refractivity contribution in [1.29, 1.82) is 0 Å². The zero-order valence-corrected chi connectivity index (χ0v) is 5.02. The Balaban J connectivity index is -0.0000000450. The van der Waals surface area contributed by atoms with Gasteiger partial charge in [0.05, 0.1) is 0 Å². The minimum atomic E-state index is 0. The van der Waals surface area contributed by atoms with Crippen LogP contribution in [0.2, 0.25) is 0 Å². The fourth-order valence-electron chi connectivity index (χ4n) is 0. The van der Waals surface area contributed by atoms with Crippen molar-refractivity contribution in [1.82, 2.24) is 0 Å². The van der Waals surface area contributed by atoms with Crippen molar-refractivity contribution in [2.75, 3.05) is 13.1 Å². The Hall–Kier alpha value is 0.500. The van der Waals surface area contributed by atoms with Crippen molar-refractivity contribution in [3.05, 3.63) is 0 Å². The molecule has 0 spiro atoms. The molecule has 0 aromatic carbocycles. The van der Waals surface area contributed by atoms with Gasteiger partial charge in [0.25, 0.3) is 0 Å². The number of hydrogen-bond donors (Lipinski definition) is 2. The summed E-state index contributed by atoms with van der Waals surface area (Å²) in [6, 6.07) is 0. The lowest BCUT2D eigenvalue weighted by Crippen LogP contribution is -2.11. The molecule has 4 heteroatoms. The topological polar surface area (TPSA) is 52.0 Å². The zero-order valence-electron chi connectivity index (χ0n) is 3.39. The smallest absolute Gasteiger partial charge is 0.00461 e. The second-order valence-electron chi connectivity index (χ2n) is 0.577. The first-order valence-electron chi connectivity index (χ1n) is 1.32. The van der Waals surface area contributed by atoms with Gasteiger partial charge < -0.3 is 11.5 Å². The van der Waals surface area contributed by atoms with E-state index in [1.165, 1.54) is 0 Å². The Morgan fingerprint density at radius 1 is 0.833 bits per heavy atom. The van der Waals surface area contributed by atoms with Crippen molar-refractivity contribution < 1.29 is 0 Å². The molecule has 6 heavy (non-hydrogen) atoms. The maximum Gasteiger partial charge on any atom is 0.00461 e. The molecular weight excluding hydrogens is 127 g/mol. The lowest BCUT2D eigenvalue weighted by atomic mass is 12.4. The molecule has 0 atom stereocenters. The van der Waals surface area contributed by atoms with Crippen LogP contribution in [0.5, 0.6) is 0 Å². The lowest BCUT2D eigenvalue weighted by molar-refractivity contribution is 0.976. The first kappa shape index (κ1) is 16.1. The predicted molar refractivity (Wildman–Crippen MR) is 32.6 cm³/mol. The molecule has 0 aromatic rings. The predicted octanol–water partition coefficient (Wildman–Crippen LogP) is -0.253. The van der Waals surface area contributed by atoms with E-state index >= 15 is 0 Å². The standard InChI is InChI=1S/C2H8N2.2ClH/c3-1-2-4;;/h1-4H2;2*1H/i1+2,2+2;;. The van der Waals surface area contributed by atoms with Gasteiger partial charge in [0.2, 0.25) is 0 Å². The minimum absolute atomic E-state index is 0. The largest absolute Gasteiger partial charge is 0.329 e. The van der Waals surface area contributed by atoms with Gasteiger partial charge in [-0.05, 0) is 0 Å². The highest BCUT2D eigenvalue weighted by Gasteiger charge is 1.54. The summed E-state index contributed by atoms with van der Waals surface area (Å²) in [6.45, 7) is 1.19. The summed E-state index contributed by atoms with van der Waals surface area (Å²) in [7, 11) is 0. The highest BCUT2D eigenvalue weighted by molar-refractivity contribution is 5.85. The van der Waals surface area contributed by atoms with Gasteiger partial charge in [-0.15, -0.1) is 24.8 Å². The quantitative estimate of drug-likeness (QED) is 0.523. The van der Waals surface area contributed by atoms with Crippen LogP contribution in [-0.4, -0.2) is 13.1 Å². The summed E-state index contributed by atoms with van der Waals surface area (Å²) in [5.74, 6) is 0. The Bertz CT molecular complexity index is 11.5. The molecule has 2 nitrogen and oxygen atoms in total. The van der Waals surface area contributed by atoms with Crippen LogP contribution in [0.1, 0.15) is 0 Å².